The van der Waals surface area contributed by atoms with E-state index in [-0.39, 0.29) is 11.5 Å². The first kappa shape index (κ1) is 21.3. The van der Waals surface area contributed by atoms with Crippen molar-refractivity contribution in [1.82, 2.24) is 9.88 Å². The van der Waals surface area contributed by atoms with Crippen LogP contribution in [0, 0.1) is 0 Å². The monoisotopic (exact) mass is 458 g/mol. The fourth-order valence-corrected chi connectivity index (χ4v) is 4.89. The maximum absolute atomic E-state index is 13.3. The van der Waals surface area contributed by atoms with E-state index in [2.05, 4.69) is 16.0 Å². The molecule has 1 heterocycles. The summed E-state index contributed by atoms with van der Waals surface area (Å²) in [4.78, 5) is 24.4. The number of aryl methyl sites for hydroxylation is 2. The number of carbonyl (C=O) groups is 2. The van der Waals surface area contributed by atoms with Crippen LogP contribution in [0.2, 0.25) is 5.02 Å². The average molecular weight is 459 g/mol. The topological polar surface area (TPSA) is 71.3 Å². The molecule has 1 amide bonds. The Morgan fingerprint density at radius 3 is 2.58 bits per heavy atom. The number of amides is 1. The molecule has 0 fully saturated rings. The number of carbonyl (C=O) groups excluding carboxylic acids is 1. The molecule has 0 spiro atoms. The molecule has 2 N–H and O–H groups in total. The van der Waals surface area contributed by atoms with E-state index in [1.165, 1.54) is 11.1 Å². The zero-order valence-corrected chi connectivity index (χ0v) is 18.7. The molecule has 0 bridgehead atoms. The molecule has 0 saturated carbocycles. The van der Waals surface area contributed by atoms with Crippen LogP contribution in [0.3, 0.4) is 0 Å². The largest absolute Gasteiger partial charge is 0.478 e. The van der Waals surface area contributed by atoms with Gasteiger partial charge in [-0.3, -0.25) is 4.79 Å². The summed E-state index contributed by atoms with van der Waals surface area (Å²) < 4.78 is 2.12. The van der Waals surface area contributed by atoms with Crippen molar-refractivity contribution in [2.75, 3.05) is 0 Å². The van der Waals surface area contributed by atoms with E-state index in [0.717, 1.165) is 41.3 Å². The molecule has 6 heteroatoms. The predicted molar refractivity (Wildman–Crippen MR) is 129 cm³/mol. The van der Waals surface area contributed by atoms with E-state index in [1.807, 2.05) is 36.5 Å². The SMILES string of the molecule is O=C(O)c1ccc(CNC(=O)c2cc3c(c4ccn(Cc5cccc(Cl)c5)c24)CCC3)cc1. The van der Waals surface area contributed by atoms with Crippen molar-refractivity contribution in [3.05, 3.63) is 105 Å². The van der Waals surface area contributed by atoms with Gasteiger partial charge in [0.15, 0.2) is 0 Å². The van der Waals surface area contributed by atoms with Gasteiger partial charge in [0.25, 0.3) is 5.91 Å². The Bertz CT molecular complexity index is 1370. The van der Waals surface area contributed by atoms with Crippen molar-refractivity contribution in [2.45, 2.75) is 32.4 Å². The first-order valence-electron chi connectivity index (χ1n) is 11.0. The zero-order chi connectivity index (χ0) is 22.9. The lowest BCUT2D eigenvalue weighted by molar-refractivity contribution is 0.0696. The number of aromatic carboxylic acids is 1. The van der Waals surface area contributed by atoms with E-state index in [4.69, 9.17) is 16.7 Å². The number of benzene rings is 3. The summed E-state index contributed by atoms with van der Waals surface area (Å²) >= 11 is 6.18. The van der Waals surface area contributed by atoms with Gasteiger partial charge in [0.1, 0.15) is 0 Å². The van der Waals surface area contributed by atoms with Gasteiger partial charge in [-0.2, -0.15) is 0 Å². The number of rotatable bonds is 6. The number of fused-ring (bicyclic) bond motifs is 3. The Kier molecular flexibility index (Phi) is 5.65. The van der Waals surface area contributed by atoms with Gasteiger partial charge in [0.05, 0.1) is 16.6 Å². The minimum atomic E-state index is -0.966. The summed E-state index contributed by atoms with van der Waals surface area (Å²) in [5, 5.41) is 13.9. The highest BCUT2D eigenvalue weighted by Crippen LogP contribution is 2.34. The highest BCUT2D eigenvalue weighted by molar-refractivity contribution is 6.30. The number of nitrogens with one attached hydrogen (secondary N) is 1. The smallest absolute Gasteiger partial charge is 0.335 e. The highest BCUT2D eigenvalue weighted by atomic mass is 35.5. The molecule has 0 aliphatic heterocycles. The van der Waals surface area contributed by atoms with Crippen LogP contribution < -0.4 is 5.32 Å². The number of aromatic nitrogens is 1. The number of carboxylic acids is 1. The van der Waals surface area contributed by atoms with Gasteiger partial charge in [-0.15, -0.1) is 0 Å². The van der Waals surface area contributed by atoms with Crippen molar-refractivity contribution < 1.29 is 14.7 Å². The normalized spacial score (nSPS) is 12.6. The van der Waals surface area contributed by atoms with Gasteiger partial charge >= 0.3 is 5.97 Å². The Labute approximate surface area is 196 Å². The Balaban J connectivity index is 1.47. The fraction of sp³-hybridized carbons (Fsp3) is 0.185. The van der Waals surface area contributed by atoms with Crippen LogP contribution in [0.25, 0.3) is 10.9 Å². The Hall–Kier alpha value is -3.57. The van der Waals surface area contributed by atoms with Crippen LogP contribution in [0.1, 0.15) is 49.4 Å². The van der Waals surface area contributed by atoms with Crippen LogP contribution in [0.15, 0.2) is 66.9 Å². The van der Waals surface area contributed by atoms with E-state index in [1.54, 1.807) is 24.3 Å². The summed E-state index contributed by atoms with van der Waals surface area (Å²) in [5.74, 6) is -1.10. The predicted octanol–water partition coefficient (Wildman–Crippen LogP) is 5.46. The fourth-order valence-electron chi connectivity index (χ4n) is 4.67. The van der Waals surface area contributed by atoms with Crippen LogP contribution >= 0.6 is 11.6 Å². The molecule has 3 aromatic carbocycles. The second kappa shape index (κ2) is 8.75. The lowest BCUT2D eigenvalue weighted by Crippen LogP contribution is -2.24. The molecule has 4 aromatic rings. The minimum Gasteiger partial charge on any atom is -0.478 e. The molecule has 1 aliphatic rings. The first-order chi connectivity index (χ1) is 16.0. The molecule has 5 rings (SSSR count). The summed E-state index contributed by atoms with van der Waals surface area (Å²) in [6, 6.07) is 18.5. The molecule has 5 nitrogen and oxygen atoms in total. The van der Waals surface area contributed by atoms with E-state index in [9.17, 15) is 9.59 Å². The summed E-state index contributed by atoms with van der Waals surface area (Å²) in [6.07, 6.45) is 5.17. The molecule has 0 saturated heterocycles. The van der Waals surface area contributed by atoms with Crippen LogP contribution in [-0.4, -0.2) is 21.6 Å². The second-order valence-electron chi connectivity index (χ2n) is 8.44. The third kappa shape index (κ3) is 4.24. The quantitative estimate of drug-likeness (QED) is 0.403. The standard InChI is InChI=1S/C27H23ClN2O3/c28-21-5-1-3-18(13-21)16-30-12-11-23-22-6-2-4-20(22)14-24(25(23)30)26(31)29-15-17-7-9-19(10-8-17)27(32)33/h1,3,5,7-14H,2,4,6,15-16H2,(H,29,31)(H,32,33). The lowest BCUT2D eigenvalue weighted by atomic mass is 10.0. The van der Waals surface area contributed by atoms with E-state index >= 15 is 0 Å². The number of nitrogens with zero attached hydrogens (tertiary/aromatic N) is 1. The van der Waals surface area contributed by atoms with Gasteiger partial charge in [-0.1, -0.05) is 35.9 Å². The maximum Gasteiger partial charge on any atom is 0.335 e. The molecule has 0 radical (unpaired) electrons. The van der Waals surface area contributed by atoms with E-state index < -0.39 is 5.97 Å². The molecular formula is C27H23ClN2O3. The molecule has 0 atom stereocenters. The zero-order valence-electron chi connectivity index (χ0n) is 18.0. The van der Waals surface area contributed by atoms with Gasteiger partial charge < -0.3 is 15.0 Å². The second-order valence-corrected chi connectivity index (χ2v) is 8.87. The Morgan fingerprint density at radius 2 is 1.82 bits per heavy atom. The summed E-state index contributed by atoms with van der Waals surface area (Å²) in [5.41, 5.74) is 6.35. The molecular weight excluding hydrogens is 436 g/mol. The van der Waals surface area contributed by atoms with Crippen LogP contribution in [-0.2, 0) is 25.9 Å². The van der Waals surface area contributed by atoms with Crippen molar-refractivity contribution in [3.63, 3.8) is 0 Å². The third-order valence-corrected chi connectivity index (χ3v) is 6.50. The van der Waals surface area contributed by atoms with E-state index in [0.29, 0.717) is 23.7 Å². The highest BCUT2D eigenvalue weighted by Gasteiger charge is 2.22. The van der Waals surface area contributed by atoms with Crippen LogP contribution in [0.4, 0.5) is 0 Å². The Morgan fingerprint density at radius 1 is 1.00 bits per heavy atom. The van der Waals surface area contributed by atoms with Crippen molar-refractivity contribution in [1.29, 1.82) is 0 Å². The number of halogens is 1. The maximum atomic E-state index is 13.3. The third-order valence-electron chi connectivity index (χ3n) is 6.26. The van der Waals surface area contributed by atoms with Crippen molar-refractivity contribution in [2.24, 2.45) is 0 Å². The molecule has 1 aromatic heterocycles. The van der Waals surface area contributed by atoms with Gasteiger partial charge in [0.2, 0.25) is 0 Å². The van der Waals surface area contributed by atoms with Crippen molar-refractivity contribution >= 4 is 34.4 Å². The number of carboxylic acid groups (broad SMARTS) is 1. The molecule has 166 valence electrons. The van der Waals surface area contributed by atoms with Gasteiger partial charge in [-0.05, 0) is 77.9 Å². The summed E-state index contributed by atoms with van der Waals surface area (Å²) in [7, 11) is 0. The van der Waals surface area contributed by atoms with Gasteiger partial charge in [-0.25, -0.2) is 4.79 Å². The van der Waals surface area contributed by atoms with Crippen LogP contribution in [0.5, 0.6) is 0 Å². The molecule has 0 unspecified atom stereocenters. The summed E-state index contributed by atoms with van der Waals surface area (Å²) in [6.45, 7) is 0.950. The molecule has 1 aliphatic carbocycles. The number of hydrogen-bond acceptors (Lipinski definition) is 2. The van der Waals surface area contributed by atoms with Crippen molar-refractivity contribution in [3.8, 4) is 0 Å². The number of hydrogen-bond donors (Lipinski definition) is 2. The van der Waals surface area contributed by atoms with Gasteiger partial charge in [0, 0.05) is 29.7 Å². The lowest BCUT2D eigenvalue weighted by Gasteiger charge is -2.14. The molecule has 33 heavy (non-hydrogen) atoms. The average Bonchev–Trinajstić information content (AvgIpc) is 3.44. The minimum absolute atomic E-state index is 0.136. The first-order valence-corrected chi connectivity index (χ1v) is 11.4.